The van der Waals surface area contributed by atoms with Crippen molar-refractivity contribution >= 4 is 5.91 Å². The van der Waals surface area contributed by atoms with Crippen molar-refractivity contribution in [2.75, 3.05) is 0 Å². The summed E-state index contributed by atoms with van der Waals surface area (Å²) in [4.78, 5) is 11.9. The highest BCUT2D eigenvalue weighted by atomic mass is 16.5. The van der Waals surface area contributed by atoms with E-state index in [-0.39, 0.29) is 11.9 Å². The number of hydrogen-bond donors (Lipinski definition) is 1. The Labute approximate surface area is 109 Å². The van der Waals surface area contributed by atoms with Crippen LogP contribution in [0.5, 0.6) is 5.75 Å². The van der Waals surface area contributed by atoms with Gasteiger partial charge in [0.25, 0.3) is 5.91 Å². The van der Waals surface area contributed by atoms with E-state index in [4.69, 9.17) is 4.74 Å². The number of carbonyl (C=O) groups excluding carboxylic acids is 1. The van der Waals surface area contributed by atoms with Crippen LogP contribution in [0.3, 0.4) is 0 Å². The highest BCUT2D eigenvalue weighted by molar-refractivity contribution is 5.94. The zero-order valence-electron chi connectivity index (χ0n) is 11.1. The van der Waals surface area contributed by atoms with Crippen LogP contribution in [0.2, 0.25) is 0 Å². The van der Waals surface area contributed by atoms with Crippen LogP contribution in [-0.4, -0.2) is 18.1 Å². The van der Waals surface area contributed by atoms with E-state index in [2.05, 4.69) is 5.32 Å². The molecular weight excluding hydrogens is 226 g/mol. The van der Waals surface area contributed by atoms with E-state index in [1.54, 1.807) is 0 Å². The maximum absolute atomic E-state index is 11.9. The highest BCUT2D eigenvalue weighted by Gasteiger charge is 2.17. The largest absolute Gasteiger partial charge is 0.490 e. The summed E-state index contributed by atoms with van der Waals surface area (Å²) in [6.07, 6.45) is 5.08. The van der Waals surface area contributed by atoms with Crippen molar-refractivity contribution in [2.45, 2.75) is 51.7 Å². The van der Waals surface area contributed by atoms with Crippen molar-refractivity contribution in [3.05, 3.63) is 29.8 Å². The summed E-state index contributed by atoms with van der Waals surface area (Å²) in [6.45, 7) is 3.91. The maximum atomic E-state index is 11.9. The fourth-order valence-corrected chi connectivity index (χ4v) is 2.25. The molecule has 0 aliphatic heterocycles. The lowest BCUT2D eigenvalue weighted by molar-refractivity contribution is 0.0942. The van der Waals surface area contributed by atoms with E-state index < -0.39 is 0 Å². The molecule has 1 aliphatic carbocycles. The van der Waals surface area contributed by atoms with Crippen LogP contribution in [0, 0.1) is 0 Å². The zero-order chi connectivity index (χ0) is 13.0. The first-order chi connectivity index (χ1) is 8.65. The second-order valence-corrected chi connectivity index (χ2v) is 5.18. The smallest absolute Gasteiger partial charge is 0.251 e. The van der Waals surface area contributed by atoms with Gasteiger partial charge in [0.15, 0.2) is 0 Å². The Morgan fingerprint density at radius 1 is 1.33 bits per heavy atom. The molecule has 1 fully saturated rings. The summed E-state index contributed by atoms with van der Waals surface area (Å²) in [5.41, 5.74) is 0.666. The Morgan fingerprint density at radius 3 is 2.72 bits per heavy atom. The fraction of sp³-hybridized carbons (Fsp3) is 0.533. The molecule has 0 bridgehead atoms. The van der Waals surface area contributed by atoms with Gasteiger partial charge < -0.3 is 10.1 Å². The number of benzene rings is 1. The van der Waals surface area contributed by atoms with Gasteiger partial charge in [-0.25, -0.2) is 0 Å². The third-order valence-corrected chi connectivity index (χ3v) is 3.12. The van der Waals surface area contributed by atoms with Crippen molar-refractivity contribution in [2.24, 2.45) is 0 Å². The Balaban J connectivity index is 2.02. The van der Waals surface area contributed by atoms with Gasteiger partial charge in [-0.15, -0.1) is 0 Å². The van der Waals surface area contributed by atoms with Crippen molar-refractivity contribution in [1.82, 2.24) is 5.32 Å². The van der Waals surface area contributed by atoms with Crippen LogP contribution in [-0.2, 0) is 0 Å². The van der Waals surface area contributed by atoms with Crippen molar-refractivity contribution < 1.29 is 9.53 Å². The van der Waals surface area contributed by atoms with Crippen LogP contribution in [0.15, 0.2) is 24.3 Å². The SMILES string of the molecule is CC(C)NC(=O)c1cccc(OC2CCCC2)c1. The molecule has 1 saturated carbocycles. The van der Waals surface area contributed by atoms with Gasteiger partial charge in [-0.3, -0.25) is 4.79 Å². The molecule has 0 unspecified atom stereocenters. The van der Waals surface area contributed by atoms with Crippen LogP contribution < -0.4 is 10.1 Å². The number of nitrogens with one attached hydrogen (secondary N) is 1. The molecule has 1 aliphatic rings. The molecule has 0 radical (unpaired) electrons. The molecule has 0 atom stereocenters. The predicted octanol–water partition coefficient (Wildman–Crippen LogP) is 3.15. The second kappa shape index (κ2) is 5.89. The normalized spacial score (nSPS) is 15.9. The standard InChI is InChI=1S/C15H21NO2/c1-11(2)16-15(17)12-6-5-9-14(10-12)18-13-7-3-4-8-13/h5-6,9-11,13H,3-4,7-8H2,1-2H3,(H,16,17). The average molecular weight is 247 g/mol. The number of ether oxygens (including phenoxy) is 1. The summed E-state index contributed by atoms with van der Waals surface area (Å²) in [5.74, 6) is 0.764. The lowest BCUT2D eigenvalue weighted by Gasteiger charge is -2.14. The highest BCUT2D eigenvalue weighted by Crippen LogP contribution is 2.24. The predicted molar refractivity (Wildman–Crippen MR) is 71.9 cm³/mol. The third kappa shape index (κ3) is 3.49. The molecule has 1 aromatic carbocycles. The van der Waals surface area contributed by atoms with E-state index in [9.17, 15) is 4.79 Å². The van der Waals surface area contributed by atoms with Gasteiger partial charge in [0.05, 0.1) is 6.10 Å². The zero-order valence-corrected chi connectivity index (χ0v) is 11.1. The summed E-state index contributed by atoms with van der Waals surface area (Å²) >= 11 is 0. The molecule has 2 rings (SSSR count). The quantitative estimate of drug-likeness (QED) is 0.887. The minimum atomic E-state index is -0.0399. The summed E-state index contributed by atoms with van der Waals surface area (Å²) in [5, 5.41) is 2.89. The van der Waals surface area contributed by atoms with Crippen LogP contribution in [0.4, 0.5) is 0 Å². The van der Waals surface area contributed by atoms with Gasteiger partial charge in [0.2, 0.25) is 0 Å². The molecule has 3 heteroatoms. The first-order valence-electron chi connectivity index (χ1n) is 6.73. The molecule has 0 saturated heterocycles. The van der Waals surface area contributed by atoms with Crippen molar-refractivity contribution in [3.63, 3.8) is 0 Å². The Kier molecular flexibility index (Phi) is 4.24. The first-order valence-corrected chi connectivity index (χ1v) is 6.73. The fourth-order valence-electron chi connectivity index (χ4n) is 2.25. The molecule has 0 heterocycles. The van der Waals surface area contributed by atoms with Crippen molar-refractivity contribution in [1.29, 1.82) is 0 Å². The first kappa shape index (κ1) is 12.9. The molecule has 1 aromatic rings. The van der Waals surface area contributed by atoms with Gasteiger partial charge in [-0.05, 0) is 57.7 Å². The van der Waals surface area contributed by atoms with Crippen LogP contribution >= 0.6 is 0 Å². The van der Waals surface area contributed by atoms with E-state index in [1.165, 1.54) is 12.8 Å². The van der Waals surface area contributed by atoms with E-state index in [0.29, 0.717) is 11.7 Å². The molecule has 0 aromatic heterocycles. The van der Waals surface area contributed by atoms with Gasteiger partial charge >= 0.3 is 0 Å². The molecule has 1 N–H and O–H groups in total. The third-order valence-electron chi connectivity index (χ3n) is 3.12. The van der Waals surface area contributed by atoms with Gasteiger partial charge in [-0.2, -0.15) is 0 Å². The molecule has 18 heavy (non-hydrogen) atoms. The van der Waals surface area contributed by atoms with Crippen molar-refractivity contribution in [3.8, 4) is 5.75 Å². The molecule has 98 valence electrons. The van der Waals surface area contributed by atoms with Gasteiger partial charge in [0.1, 0.15) is 5.75 Å². The number of carbonyl (C=O) groups is 1. The minimum absolute atomic E-state index is 0.0399. The average Bonchev–Trinajstić information content (AvgIpc) is 2.81. The van der Waals surface area contributed by atoms with Crippen LogP contribution in [0.1, 0.15) is 49.9 Å². The monoisotopic (exact) mass is 247 g/mol. The van der Waals surface area contributed by atoms with E-state index >= 15 is 0 Å². The topological polar surface area (TPSA) is 38.3 Å². The summed E-state index contributed by atoms with van der Waals surface area (Å²) in [6, 6.07) is 7.59. The second-order valence-electron chi connectivity index (χ2n) is 5.18. The summed E-state index contributed by atoms with van der Waals surface area (Å²) in [7, 11) is 0. The van der Waals surface area contributed by atoms with Gasteiger partial charge in [-0.1, -0.05) is 6.07 Å². The Bertz CT molecular complexity index is 409. The minimum Gasteiger partial charge on any atom is -0.490 e. The number of hydrogen-bond acceptors (Lipinski definition) is 2. The lowest BCUT2D eigenvalue weighted by Crippen LogP contribution is -2.30. The Hall–Kier alpha value is -1.51. The van der Waals surface area contributed by atoms with Gasteiger partial charge in [0, 0.05) is 11.6 Å². The number of amides is 1. The van der Waals surface area contributed by atoms with E-state index in [0.717, 1.165) is 18.6 Å². The maximum Gasteiger partial charge on any atom is 0.251 e. The molecule has 3 nitrogen and oxygen atoms in total. The van der Waals surface area contributed by atoms with Crippen LogP contribution in [0.25, 0.3) is 0 Å². The Morgan fingerprint density at radius 2 is 2.06 bits per heavy atom. The van der Waals surface area contributed by atoms with E-state index in [1.807, 2.05) is 38.1 Å². The molecular formula is C15H21NO2. The molecule has 1 amide bonds. The number of rotatable bonds is 4. The summed E-state index contributed by atoms with van der Waals surface area (Å²) < 4.78 is 5.89. The molecule has 0 spiro atoms. The lowest BCUT2D eigenvalue weighted by atomic mass is 10.2.